The molecule has 0 aliphatic carbocycles. The van der Waals surface area contributed by atoms with E-state index < -0.39 is 0 Å². The van der Waals surface area contributed by atoms with E-state index in [9.17, 15) is 4.79 Å². The highest BCUT2D eigenvalue weighted by molar-refractivity contribution is 5.85. The zero-order valence-corrected chi connectivity index (χ0v) is 12.3. The number of carbonyl (C=O) groups excluding carboxylic acids is 1. The molecule has 3 nitrogen and oxygen atoms in total. The summed E-state index contributed by atoms with van der Waals surface area (Å²) in [5, 5.41) is 2.36. The Kier molecular flexibility index (Phi) is 4.05. The van der Waals surface area contributed by atoms with E-state index in [1.165, 1.54) is 10.8 Å². The van der Waals surface area contributed by atoms with Crippen LogP contribution < -0.4 is 9.47 Å². The molecule has 0 amide bonds. The number of hydrogen-bond donors (Lipinski definition) is 0. The summed E-state index contributed by atoms with van der Waals surface area (Å²) >= 11 is 0. The first-order chi connectivity index (χ1) is 10.8. The van der Waals surface area contributed by atoms with Crippen molar-refractivity contribution in [2.75, 3.05) is 7.11 Å². The zero-order valence-electron chi connectivity index (χ0n) is 12.3. The molecule has 0 unspecified atom stereocenters. The van der Waals surface area contributed by atoms with E-state index in [1.807, 2.05) is 18.2 Å². The lowest BCUT2D eigenvalue weighted by Gasteiger charge is -2.12. The molecule has 0 aliphatic rings. The molecule has 3 aromatic rings. The third kappa shape index (κ3) is 2.79. The smallest absolute Gasteiger partial charge is 0.161 e. The highest BCUT2D eigenvalue weighted by Gasteiger charge is 2.07. The molecule has 0 N–H and O–H groups in total. The Morgan fingerprint density at radius 3 is 2.59 bits per heavy atom. The Labute approximate surface area is 129 Å². The monoisotopic (exact) mass is 292 g/mol. The van der Waals surface area contributed by atoms with Crippen LogP contribution in [0.5, 0.6) is 11.5 Å². The summed E-state index contributed by atoms with van der Waals surface area (Å²) in [4.78, 5) is 10.8. The average molecular weight is 292 g/mol. The molecule has 3 rings (SSSR count). The first kappa shape index (κ1) is 14.1. The molecule has 0 fully saturated rings. The first-order valence-electron chi connectivity index (χ1n) is 7.04. The van der Waals surface area contributed by atoms with Crippen LogP contribution in [0.15, 0.2) is 60.7 Å². The van der Waals surface area contributed by atoms with Crippen molar-refractivity contribution in [3.05, 3.63) is 71.8 Å². The van der Waals surface area contributed by atoms with Gasteiger partial charge in [0.25, 0.3) is 0 Å². The number of methoxy groups -OCH3 is 1. The van der Waals surface area contributed by atoms with E-state index in [2.05, 4.69) is 24.3 Å². The molecule has 0 heterocycles. The second-order valence-corrected chi connectivity index (χ2v) is 4.96. The third-order valence-electron chi connectivity index (χ3n) is 3.59. The van der Waals surface area contributed by atoms with E-state index in [-0.39, 0.29) is 0 Å². The Bertz CT molecular complexity index is 803. The summed E-state index contributed by atoms with van der Waals surface area (Å²) in [6, 6.07) is 19.5. The molecular formula is C19H16O3. The lowest BCUT2D eigenvalue weighted by atomic mass is 10.1. The van der Waals surface area contributed by atoms with Gasteiger partial charge in [0, 0.05) is 5.56 Å². The van der Waals surface area contributed by atoms with Gasteiger partial charge in [-0.3, -0.25) is 4.79 Å². The van der Waals surface area contributed by atoms with E-state index in [0.29, 0.717) is 23.7 Å². The Balaban J connectivity index is 1.87. The Hall–Kier alpha value is -2.81. The third-order valence-corrected chi connectivity index (χ3v) is 3.59. The minimum Gasteiger partial charge on any atom is -0.493 e. The number of hydrogen-bond acceptors (Lipinski definition) is 3. The van der Waals surface area contributed by atoms with Crippen molar-refractivity contribution in [2.45, 2.75) is 6.61 Å². The maximum atomic E-state index is 10.8. The number of benzene rings is 3. The first-order valence-corrected chi connectivity index (χ1v) is 7.04. The Morgan fingerprint density at radius 2 is 1.77 bits per heavy atom. The SMILES string of the molecule is COc1cc(C=O)ccc1OCc1cccc2ccccc12. The molecule has 0 aliphatic heterocycles. The Morgan fingerprint density at radius 1 is 0.955 bits per heavy atom. The second kappa shape index (κ2) is 6.31. The number of rotatable bonds is 5. The summed E-state index contributed by atoms with van der Waals surface area (Å²) in [7, 11) is 1.56. The number of ether oxygens (including phenoxy) is 2. The summed E-state index contributed by atoms with van der Waals surface area (Å²) < 4.78 is 11.2. The molecule has 0 aromatic heterocycles. The summed E-state index contributed by atoms with van der Waals surface area (Å²) in [5.41, 5.74) is 1.67. The number of fused-ring (bicyclic) bond motifs is 1. The fraction of sp³-hybridized carbons (Fsp3) is 0.105. The second-order valence-electron chi connectivity index (χ2n) is 4.96. The topological polar surface area (TPSA) is 35.5 Å². The van der Waals surface area contributed by atoms with Crippen molar-refractivity contribution in [2.24, 2.45) is 0 Å². The van der Waals surface area contributed by atoms with E-state index in [4.69, 9.17) is 9.47 Å². The maximum Gasteiger partial charge on any atom is 0.161 e. The van der Waals surface area contributed by atoms with Gasteiger partial charge in [0.1, 0.15) is 12.9 Å². The van der Waals surface area contributed by atoms with Gasteiger partial charge in [-0.25, -0.2) is 0 Å². The predicted octanol–water partition coefficient (Wildman–Crippen LogP) is 4.24. The molecular weight excluding hydrogens is 276 g/mol. The quantitative estimate of drug-likeness (QED) is 0.660. The summed E-state index contributed by atoms with van der Waals surface area (Å²) in [5.74, 6) is 1.19. The van der Waals surface area contributed by atoms with Crippen LogP contribution in [-0.2, 0) is 6.61 Å². The number of carbonyl (C=O) groups is 1. The van der Waals surface area contributed by atoms with Crippen LogP contribution in [0.25, 0.3) is 10.8 Å². The van der Waals surface area contributed by atoms with Crippen LogP contribution in [0.1, 0.15) is 15.9 Å². The van der Waals surface area contributed by atoms with Gasteiger partial charge in [0.15, 0.2) is 11.5 Å². The van der Waals surface area contributed by atoms with Crippen LogP contribution in [0.2, 0.25) is 0 Å². The maximum absolute atomic E-state index is 10.8. The molecule has 0 saturated heterocycles. The van der Waals surface area contributed by atoms with E-state index >= 15 is 0 Å². The number of aldehydes is 1. The standard InChI is InChI=1S/C19H16O3/c1-21-19-11-14(12-20)9-10-18(19)22-13-16-7-4-6-15-5-2-3-8-17(15)16/h2-12H,13H2,1H3. The van der Waals surface area contributed by atoms with Crippen molar-refractivity contribution < 1.29 is 14.3 Å². The van der Waals surface area contributed by atoms with Gasteiger partial charge in [0.2, 0.25) is 0 Å². The van der Waals surface area contributed by atoms with E-state index in [0.717, 1.165) is 11.8 Å². The van der Waals surface area contributed by atoms with Gasteiger partial charge in [-0.2, -0.15) is 0 Å². The van der Waals surface area contributed by atoms with Gasteiger partial charge in [-0.15, -0.1) is 0 Å². The molecule has 0 spiro atoms. The van der Waals surface area contributed by atoms with Crippen molar-refractivity contribution in [1.29, 1.82) is 0 Å². The molecule has 3 aromatic carbocycles. The van der Waals surface area contributed by atoms with Crippen LogP contribution in [0.3, 0.4) is 0 Å². The van der Waals surface area contributed by atoms with Crippen LogP contribution in [0, 0.1) is 0 Å². The van der Waals surface area contributed by atoms with Gasteiger partial charge in [-0.1, -0.05) is 42.5 Å². The molecule has 0 radical (unpaired) electrons. The highest BCUT2D eigenvalue weighted by atomic mass is 16.5. The van der Waals surface area contributed by atoms with Crippen molar-refractivity contribution in [3.8, 4) is 11.5 Å². The largest absolute Gasteiger partial charge is 0.493 e. The lowest BCUT2D eigenvalue weighted by Crippen LogP contribution is -1.99. The van der Waals surface area contributed by atoms with Crippen molar-refractivity contribution in [1.82, 2.24) is 0 Å². The van der Waals surface area contributed by atoms with Gasteiger partial charge < -0.3 is 9.47 Å². The highest BCUT2D eigenvalue weighted by Crippen LogP contribution is 2.29. The molecule has 0 bridgehead atoms. The van der Waals surface area contributed by atoms with Gasteiger partial charge in [0.05, 0.1) is 7.11 Å². The van der Waals surface area contributed by atoms with Gasteiger partial charge in [-0.05, 0) is 34.5 Å². The lowest BCUT2D eigenvalue weighted by molar-refractivity contribution is 0.112. The minimum absolute atomic E-state index is 0.443. The molecule has 22 heavy (non-hydrogen) atoms. The van der Waals surface area contributed by atoms with E-state index in [1.54, 1.807) is 25.3 Å². The predicted molar refractivity (Wildman–Crippen MR) is 86.7 cm³/mol. The zero-order chi connectivity index (χ0) is 15.4. The molecule has 0 saturated carbocycles. The van der Waals surface area contributed by atoms with Gasteiger partial charge >= 0.3 is 0 Å². The molecule has 3 heteroatoms. The normalized spacial score (nSPS) is 10.4. The van der Waals surface area contributed by atoms with Crippen LogP contribution in [0.4, 0.5) is 0 Å². The van der Waals surface area contributed by atoms with Crippen LogP contribution in [-0.4, -0.2) is 13.4 Å². The fourth-order valence-electron chi connectivity index (χ4n) is 2.45. The fourth-order valence-corrected chi connectivity index (χ4v) is 2.45. The van der Waals surface area contributed by atoms with Crippen LogP contribution >= 0.6 is 0 Å². The van der Waals surface area contributed by atoms with Crippen molar-refractivity contribution >= 4 is 17.1 Å². The molecule has 0 atom stereocenters. The minimum atomic E-state index is 0.443. The summed E-state index contributed by atoms with van der Waals surface area (Å²) in [6.07, 6.45) is 0.789. The summed E-state index contributed by atoms with van der Waals surface area (Å²) in [6.45, 7) is 0.443. The van der Waals surface area contributed by atoms with Crippen molar-refractivity contribution in [3.63, 3.8) is 0 Å². The molecule has 110 valence electrons. The average Bonchev–Trinajstić information content (AvgIpc) is 2.59.